The van der Waals surface area contributed by atoms with E-state index in [0.29, 0.717) is 6.61 Å². The lowest BCUT2D eigenvalue weighted by Crippen LogP contribution is -1.83. The molecule has 0 N–H and O–H groups in total. The fourth-order valence-electron chi connectivity index (χ4n) is 0.123. The first kappa shape index (κ1) is 5.70. The Morgan fingerprint density at radius 3 is 2.50 bits per heavy atom. The van der Waals surface area contributed by atoms with Gasteiger partial charge in [0.25, 0.3) is 0 Å². The molecule has 0 bridgehead atoms. The van der Waals surface area contributed by atoms with Crippen molar-refractivity contribution >= 4 is 0 Å². The van der Waals surface area contributed by atoms with E-state index in [1.165, 1.54) is 0 Å². The van der Waals surface area contributed by atoms with Crippen LogP contribution in [0.5, 0.6) is 0 Å². The summed E-state index contributed by atoms with van der Waals surface area (Å²) in [5, 5.41) is 0. The number of rotatable bonds is 2. The van der Waals surface area contributed by atoms with Gasteiger partial charge in [-0.05, 0) is 6.92 Å². The van der Waals surface area contributed by atoms with E-state index >= 15 is 0 Å². The smallest absolute Gasteiger partial charge is 0.174 e. The molecule has 0 amide bonds. The van der Waals surface area contributed by atoms with E-state index in [1.807, 2.05) is 6.92 Å². The van der Waals surface area contributed by atoms with Crippen molar-refractivity contribution in [3.8, 4) is 0 Å². The Hall–Kier alpha value is -0.300. The van der Waals surface area contributed by atoms with E-state index in [4.69, 9.17) is 7.11 Å². The molecule has 1 heteroatoms. The summed E-state index contributed by atoms with van der Waals surface area (Å²) in [7, 11) is 6.17. The summed E-state index contributed by atoms with van der Waals surface area (Å²) in [5.41, 5.74) is 0.880. The van der Waals surface area contributed by atoms with Gasteiger partial charge in [-0.15, -0.1) is 0 Å². The predicted molar refractivity (Wildman–Crippen MR) is 24.0 cm³/mol. The van der Waals surface area contributed by atoms with Crippen molar-refractivity contribution < 1.29 is 4.74 Å². The average molecular weight is 83.1 g/mol. The molecule has 0 aromatic heterocycles. The fourth-order valence-corrected chi connectivity index (χ4v) is 0.123. The van der Waals surface area contributed by atoms with Crippen LogP contribution in [0.25, 0.3) is 0 Å². The minimum Gasteiger partial charge on any atom is -0.361 e. The van der Waals surface area contributed by atoms with Crippen molar-refractivity contribution in [2.24, 2.45) is 0 Å². The van der Waals surface area contributed by atoms with Gasteiger partial charge in [0.2, 0.25) is 0 Å². The van der Waals surface area contributed by atoms with Gasteiger partial charge in [-0.1, -0.05) is 12.2 Å². The van der Waals surface area contributed by atoms with Crippen molar-refractivity contribution in [1.82, 2.24) is 0 Å². The first-order chi connectivity index (χ1) is 2.77. The minimum atomic E-state index is 0.347. The van der Waals surface area contributed by atoms with Crippen LogP contribution in [-0.4, -0.2) is 6.61 Å². The number of hydrogen-bond donors (Lipinski definition) is 0. The Labute approximate surface area is 38.6 Å². The van der Waals surface area contributed by atoms with Crippen molar-refractivity contribution in [3.05, 3.63) is 19.3 Å². The van der Waals surface area contributed by atoms with Crippen LogP contribution in [0, 0.1) is 7.11 Å². The van der Waals surface area contributed by atoms with E-state index in [-0.39, 0.29) is 0 Å². The van der Waals surface area contributed by atoms with Crippen LogP contribution < -0.4 is 0 Å². The second-order valence-corrected chi connectivity index (χ2v) is 1.25. The zero-order valence-corrected chi connectivity index (χ0v) is 3.82. The molecule has 0 spiro atoms. The highest BCUT2D eigenvalue weighted by Crippen LogP contribution is 1.83. The van der Waals surface area contributed by atoms with Crippen molar-refractivity contribution in [3.63, 3.8) is 0 Å². The molecule has 0 saturated carbocycles. The third kappa shape index (κ3) is 3.70. The molecular formula is C5H7O. The summed E-state index contributed by atoms with van der Waals surface area (Å²) in [6.45, 7) is 5.66. The number of ether oxygens (including phenoxy) is 1. The summed E-state index contributed by atoms with van der Waals surface area (Å²) in [5.74, 6) is 0. The van der Waals surface area contributed by atoms with E-state index in [9.17, 15) is 0 Å². The highest BCUT2D eigenvalue weighted by molar-refractivity contribution is 4.87. The molecule has 33 valence electrons. The van der Waals surface area contributed by atoms with Crippen molar-refractivity contribution in [2.75, 3.05) is 6.61 Å². The molecule has 0 aliphatic rings. The average Bonchev–Trinajstić information content (AvgIpc) is 1.35. The molecule has 0 atom stereocenters. The molecule has 0 aliphatic carbocycles. The Kier molecular flexibility index (Phi) is 2.77. The van der Waals surface area contributed by atoms with Gasteiger partial charge in [0, 0.05) is 0 Å². The van der Waals surface area contributed by atoms with Gasteiger partial charge in [0.15, 0.2) is 7.11 Å². The van der Waals surface area contributed by atoms with E-state index < -0.39 is 0 Å². The van der Waals surface area contributed by atoms with E-state index in [2.05, 4.69) is 11.3 Å². The maximum absolute atomic E-state index is 6.17. The first-order valence-electron chi connectivity index (χ1n) is 1.70. The van der Waals surface area contributed by atoms with Gasteiger partial charge in [-0.25, -0.2) is 0 Å². The highest BCUT2D eigenvalue weighted by Gasteiger charge is 1.76. The van der Waals surface area contributed by atoms with Crippen LogP contribution in [0.2, 0.25) is 0 Å². The predicted octanol–water partition coefficient (Wildman–Crippen LogP) is 1.12. The molecule has 3 radical (unpaired) electrons. The molecule has 0 aromatic carbocycles. The van der Waals surface area contributed by atoms with Crippen LogP contribution in [0.15, 0.2) is 12.2 Å². The van der Waals surface area contributed by atoms with Gasteiger partial charge in [-0.3, -0.25) is 0 Å². The highest BCUT2D eigenvalue weighted by atomic mass is 16.5. The van der Waals surface area contributed by atoms with E-state index in [1.54, 1.807) is 0 Å². The van der Waals surface area contributed by atoms with Crippen molar-refractivity contribution in [1.29, 1.82) is 0 Å². The standard InChI is InChI=1S/C5H7O/c1-5(2)4-6-3/h1,4H2,2H3. The third-order valence-corrected chi connectivity index (χ3v) is 0.319. The quantitative estimate of drug-likeness (QED) is 0.454. The Morgan fingerprint density at radius 2 is 2.50 bits per heavy atom. The molecule has 0 unspecified atom stereocenters. The van der Waals surface area contributed by atoms with Crippen LogP contribution in [0.1, 0.15) is 6.92 Å². The van der Waals surface area contributed by atoms with Gasteiger partial charge in [0.05, 0.1) is 6.61 Å². The third-order valence-electron chi connectivity index (χ3n) is 0.319. The molecule has 1 nitrogen and oxygen atoms in total. The summed E-state index contributed by atoms with van der Waals surface area (Å²) in [6.07, 6.45) is 0. The second-order valence-electron chi connectivity index (χ2n) is 1.25. The van der Waals surface area contributed by atoms with Crippen molar-refractivity contribution in [2.45, 2.75) is 6.92 Å². The second kappa shape index (κ2) is 2.91. The molecule has 0 heterocycles. The maximum atomic E-state index is 6.17. The molecule has 6 heavy (non-hydrogen) atoms. The lowest BCUT2D eigenvalue weighted by atomic mass is 10.4. The summed E-state index contributed by atoms with van der Waals surface area (Å²) < 4.78 is 3.95. The Balaban J connectivity index is 2.83. The molecule has 0 rings (SSSR count). The Bertz CT molecular complexity index is 47.9. The zero-order valence-electron chi connectivity index (χ0n) is 3.82. The fraction of sp³-hybridized carbons (Fsp3) is 0.400. The molecule has 0 saturated heterocycles. The van der Waals surface area contributed by atoms with Crippen LogP contribution >= 0.6 is 0 Å². The van der Waals surface area contributed by atoms with Gasteiger partial charge in [-0.2, -0.15) is 0 Å². The van der Waals surface area contributed by atoms with Crippen LogP contribution in [0.4, 0.5) is 0 Å². The minimum absolute atomic E-state index is 0.347. The normalized spacial score (nSPS) is 8.33. The molecule has 0 aliphatic heterocycles. The topological polar surface area (TPSA) is 9.23 Å². The molecular weight excluding hydrogens is 76.1 g/mol. The first-order valence-corrected chi connectivity index (χ1v) is 1.70. The SMILES string of the molecule is [C]OCC(=C)C. The van der Waals surface area contributed by atoms with E-state index in [0.717, 1.165) is 5.57 Å². The van der Waals surface area contributed by atoms with Crippen LogP contribution in [-0.2, 0) is 4.74 Å². The van der Waals surface area contributed by atoms with Gasteiger partial charge >= 0.3 is 0 Å². The maximum Gasteiger partial charge on any atom is 0.174 e. The summed E-state index contributed by atoms with van der Waals surface area (Å²) >= 11 is 0. The molecule has 0 fully saturated rings. The van der Waals surface area contributed by atoms with Gasteiger partial charge < -0.3 is 4.74 Å². The lowest BCUT2D eigenvalue weighted by Gasteiger charge is -1.88. The summed E-state index contributed by atoms with van der Waals surface area (Å²) in [4.78, 5) is 0. The van der Waals surface area contributed by atoms with Crippen LogP contribution in [0.3, 0.4) is 0 Å². The monoisotopic (exact) mass is 83.0 g/mol. The number of hydrogen-bond acceptors (Lipinski definition) is 1. The molecule has 0 aromatic rings. The van der Waals surface area contributed by atoms with Gasteiger partial charge in [0.1, 0.15) is 0 Å². The lowest BCUT2D eigenvalue weighted by molar-refractivity contribution is 0.273. The zero-order chi connectivity index (χ0) is 4.99. The largest absolute Gasteiger partial charge is 0.361 e. The summed E-state index contributed by atoms with van der Waals surface area (Å²) in [6, 6.07) is 0. The Morgan fingerprint density at radius 1 is 2.00 bits per heavy atom.